The minimum absolute atomic E-state index is 0.109. The molecule has 2 heterocycles. The standard InChI is InChI=1S/C26H24N2O4S/c29-24-12-4-10-21-16-28(22(17-32-18-23(21)24)15-19-7-2-1-3-8-19)33(30,31)25-13-5-9-20-11-6-14-27-26(20)25/h1-14,22,29H,15-18H2. The van der Waals surface area contributed by atoms with Crippen LogP contribution in [0.1, 0.15) is 16.7 Å². The molecule has 1 atom stereocenters. The molecule has 1 N–H and O–H groups in total. The van der Waals surface area contributed by atoms with Crippen molar-refractivity contribution >= 4 is 20.9 Å². The van der Waals surface area contributed by atoms with Gasteiger partial charge in [-0.15, -0.1) is 0 Å². The monoisotopic (exact) mass is 460 g/mol. The summed E-state index contributed by atoms with van der Waals surface area (Å²) in [7, 11) is -3.94. The third-order valence-electron chi connectivity index (χ3n) is 6.03. The van der Waals surface area contributed by atoms with Gasteiger partial charge in [-0.05, 0) is 35.7 Å². The first-order valence-corrected chi connectivity index (χ1v) is 12.2. The van der Waals surface area contributed by atoms with E-state index in [9.17, 15) is 13.5 Å². The number of phenols is 1. The fraction of sp³-hybridized carbons (Fsp3) is 0.192. The number of hydrogen-bond acceptors (Lipinski definition) is 5. The quantitative estimate of drug-likeness (QED) is 0.492. The zero-order chi connectivity index (χ0) is 22.8. The van der Waals surface area contributed by atoms with Crippen molar-refractivity contribution in [3.63, 3.8) is 0 Å². The molecule has 0 amide bonds. The molecule has 5 rings (SSSR count). The van der Waals surface area contributed by atoms with E-state index in [1.165, 1.54) is 4.31 Å². The van der Waals surface area contributed by atoms with Gasteiger partial charge >= 0.3 is 0 Å². The third-order valence-corrected chi connectivity index (χ3v) is 7.96. The van der Waals surface area contributed by atoms with Gasteiger partial charge in [0, 0.05) is 23.7 Å². The first-order valence-electron chi connectivity index (χ1n) is 10.8. The summed E-state index contributed by atoms with van der Waals surface area (Å²) in [6.45, 7) is 0.577. The van der Waals surface area contributed by atoms with Gasteiger partial charge in [0.25, 0.3) is 0 Å². The molecule has 6 nitrogen and oxygen atoms in total. The van der Waals surface area contributed by atoms with Crippen molar-refractivity contribution in [1.82, 2.24) is 9.29 Å². The van der Waals surface area contributed by atoms with Crippen LogP contribution in [0.2, 0.25) is 0 Å². The highest BCUT2D eigenvalue weighted by atomic mass is 32.2. The SMILES string of the molecule is O=S(=O)(c1cccc2cccnc12)N1Cc2cccc(O)c2COCC1Cc1ccccc1. The lowest BCUT2D eigenvalue weighted by Gasteiger charge is -2.34. The molecule has 0 bridgehead atoms. The maximum atomic E-state index is 14.1. The van der Waals surface area contributed by atoms with E-state index < -0.39 is 16.1 Å². The zero-order valence-electron chi connectivity index (χ0n) is 18.0. The zero-order valence-corrected chi connectivity index (χ0v) is 18.8. The van der Waals surface area contributed by atoms with Crippen molar-refractivity contribution in [2.45, 2.75) is 30.5 Å². The Morgan fingerprint density at radius 1 is 0.970 bits per heavy atom. The van der Waals surface area contributed by atoms with Crippen molar-refractivity contribution < 1.29 is 18.3 Å². The summed E-state index contributed by atoms with van der Waals surface area (Å²) in [5.41, 5.74) is 2.81. The van der Waals surface area contributed by atoms with Crippen molar-refractivity contribution in [2.24, 2.45) is 0 Å². The maximum Gasteiger partial charge on any atom is 0.245 e. The van der Waals surface area contributed by atoms with E-state index in [0.717, 1.165) is 16.5 Å². The minimum Gasteiger partial charge on any atom is -0.508 e. The smallest absolute Gasteiger partial charge is 0.245 e. The Kier molecular flexibility index (Phi) is 5.85. The van der Waals surface area contributed by atoms with Crippen LogP contribution in [0, 0.1) is 0 Å². The highest BCUT2D eigenvalue weighted by Gasteiger charge is 2.35. The summed E-state index contributed by atoms with van der Waals surface area (Å²) in [6.07, 6.45) is 2.11. The van der Waals surface area contributed by atoms with Gasteiger partial charge in [-0.25, -0.2) is 8.42 Å². The van der Waals surface area contributed by atoms with Gasteiger partial charge in [0.1, 0.15) is 10.6 Å². The Labute approximate surface area is 193 Å². The number of hydrogen-bond donors (Lipinski definition) is 1. The molecule has 3 aromatic carbocycles. The third kappa shape index (κ3) is 4.23. The molecule has 0 spiro atoms. The molecule has 168 valence electrons. The molecule has 0 radical (unpaired) electrons. The Morgan fingerprint density at radius 3 is 2.61 bits per heavy atom. The number of rotatable bonds is 4. The van der Waals surface area contributed by atoms with Gasteiger partial charge < -0.3 is 9.84 Å². The van der Waals surface area contributed by atoms with E-state index in [0.29, 0.717) is 17.5 Å². The highest BCUT2D eigenvalue weighted by molar-refractivity contribution is 7.89. The molecular formula is C26H24N2O4S. The molecule has 0 saturated carbocycles. The number of fused-ring (bicyclic) bond motifs is 2. The minimum atomic E-state index is -3.94. The molecule has 33 heavy (non-hydrogen) atoms. The van der Waals surface area contributed by atoms with Crippen LogP contribution in [-0.2, 0) is 34.3 Å². The molecule has 1 aliphatic heterocycles. The second-order valence-corrected chi connectivity index (χ2v) is 10.0. The Morgan fingerprint density at radius 2 is 1.76 bits per heavy atom. The number of aromatic hydroxyl groups is 1. The van der Waals surface area contributed by atoms with Crippen LogP contribution in [0.5, 0.6) is 5.75 Å². The number of aromatic nitrogens is 1. The number of pyridine rings is 1. The lowest BCUT2D eigenvalue weighted by atomic mass is 10.0. The lowest BCUT2D eigenvalue weighted by Crippen LogP contribution is -2.45. The van der Waals surface area contributed by atoms with Crippen molar-refractivity contribution in [2.75, 3.05) is 6.61 Å². The van der Waals surface area contributed by atoms with E-state index in [1.807, 2.05) is 48.5 Å². The lowest BCUT2D eigenvalue weighted by molar-refractivity contribution is 0.0661. The average molecular weight is 461 g/mol. The van der Waals surface area contributed by atoms with Crippen LogP contribution in [0.15, 0.2) is 90.0 Å². The Balaban J connectivity index is 1.64. The van der Waals surface area contributed by atoms with E-state index in [-0.39, 0.29) is 30.4 Å². The predicted octanol–water partition coefficient (Wildman–Crippen LogP) is 4.27. The van der Waals surface area contributed by atoms with Gasteiger partial charge in [0.05, 0.1) is 24.8 Å². The van der Waals surface area contributed by atoms with Crippen molar-refractivity contribution in [1.29, 1.82) is 0 Å². The van der Waals surface area contributed by atoms with Crippen LogP contribution in [0.25, 0.3) is 10.9 Å². The van der Waals surface area contributed by atoms with Gasteiger partial charge in [0.2, 0.25) is 10.0 Å². The Hall–Kier alpha value is -3.26. The van der Waals surface area contributed by atoms with Gasteiger partial charge in [-0.3, -0.25) is 4.98 Å². The van der Waals surface area contributed by atoms with E-state index in [4.69, 9.17) is 4.74 Å². The summed E-state index contributed by atoms with van der Waals surface area (Å²) in [4.78, 5) is 4.54. The first-order chi connectivity index (χ1) is 16.0. The van der Waals surface area contributed by atoms with Gasteiger partial charge in [-0.1, -0.05) is 60.7 Å². The molecule has 0 fully saturated rings. The summed E-state index contributed by atoms with van der Waals surface area (Å²) in [5, 5.41) is 11.1. The van der Waals surface area contributed by atoms with E-state index in [2.05, 4.69) is 4.98 Å². The predicted molar refractivity (Wildman–Crippen MR) is 126 cm³/mol. The molecule has 0 aliphatic carbocycles. The molecule has 4 aromatic rings. The van der Waals surface area contributed by atoms with Crippen LogP contribution in [0.3, 0.4) is 0 Å². The highest BCUT2D eigenvalue weighted by Crippen LogP contribution is 2.32. The van der Waals surface area contributed by atoms with Crippen molar-refractivity contribution in [3.05, 3.63) is 102 Å². The number of phenolic OH excluding ortho intramolecular Hbond substituents is 1. The second-order valence-electron chi connectivity index (χ2n) is 8.16. The second kappa shape index (κ2) is 8.94. The Bertz CT molecular complexity index is 1380. The molecular weight excluding hydrogens is 436 g/mol. The maximum absolute atomic E-state index is 14.1. The fourth-order valence-corrected chi connectivity index (χ4v) is 6.11. The van der Waals surface area contributed by atoms with Gasteiger partial charge in [-0.2, -0.15) is 4.31 Å². The largest absolute Gasteiger partial charge is 0.508 e. The van der Waals surface area contributed by atoms with E-state index in [1.54, 1.807) is 36.5 Å². The van der Waals surface area contributed by atoms with Crippen LogP contribution in [0.4, 0.5) is 0 Å². The number of ether oxygens (including phenoxy) is 1. The fourth-order valence-electron chi connectivity index (χ4n) is 4.35. The van der Waals surface area contributed by atoms with E-state index >= 15 is 0 Å². The molecule has 7 heteroatoms. The molecule has 1 unspecified atom stereocenters. The van der Waals surface area contributed by atoms with Crippen LogP contribution >= 0.6 is 0 Å². The molecule has 0 saturated heterocycles. The summed E-state index contributed by atoms with van der Waals surface area (Å²) in [5.74, 6) is 0.109. The molecule has 1 aromatic heterocycles. The van der Waals surface area contributed by atoms with Crippen LogP contribution < -0.4 is 0 Å². The van der Waals surface area contributed by atoms with Gasteiger partial charge in [0.15, 0.2) is 0 Å². The number of benzene rings is 3. The van der Waals surface area contributed by atoms with Crippen molar-refractivity contribution in [3.8, 4) is 5.75 Å². The molecule has 1 aliphatic rings. The summed E-state index contributed by atoms with van der Waals surface area (Å²) < 4.78 is 35.7. The average Bonchev–Trinajstić information content (AvgIpc) is 2.82. The number of para-hydroxylation sites is 1. The topological polar surface area (TPSA) is 79.7 Å². The number of nitrogens with zero attached hydrogens (tertiary/aromatic N) is 2. The summed E-state index contributed by atoms with van der Waals surface area (Å²) >= 11 is 0. The normalized spacial score (nSPS) is 17.3. The first kappa shape index (κ1) is 21.6. The summed E-state index contributed by atoms with van der Waals surface area (Å²) in [6, 6.07) is 23.4. The van der Waals surface area contributed by atoms with Crippen LogP contribution in [-0.4, -0.2) is 35.5 Å². The number of sulfonamides is 1.